The van der Waals surface area contributed by atoms with Gasteiger partial charge >= 0.3 is 0 Å². The lowest BCUT2D eigenvalue weighted by Gasteiger charge is -2.29. The van der Waals surface area contributed by atoms with Crippen molar-refractivity contribution in [1.82, 2.24) is 0 Å². The van der Waals surface area contributed by atoms with Crippen LogP contribution in [0.4, 0.5) is 0 Å². The first-order valence-corrected chi connectivity index (χ1v) is 13.1. The van der Waals surface area contributed by atoms with Crippen molar-refractivity contribution in [2.24, 2.45) is 11.8 Å². The number of allylic oxidation sites excluding steroid dienone is 12. The van der Waals surface area contributed by atoms with Gasteiger partial charge in [0.25, 0.3) is 0 Å². The molecule has 1 atom stereocenters. The highest BCUT2D eigenvalue weighted by Gasteiger charge is 2.27. The van der Waals surface area contributed by atoms with Crippen LogP contribution in [0.2, 0.25) is 0 Å². The van der Waals surface area contributed by atoms with Crippen LogP contribution in [0.25, 0.3) is 0 Å². The summed E-state index contributed by atoms with van der Waals surface area (Å²) in [5.74, 6) is 2.21. The molecule has 0 heteroatoms. The molecule has 1 aromatic rings. The average molecular weight is 423 g/mol. The molecule has 0 radical (unpaired) electrons. The monoisotopic (exact) mass is 422 g/mol. The molecule has 5 rings (SSSR count). The number of fused-ring (bicyclic) bond motifs is 1. The Kier molecular flexibility index (Phi) is 6.77. The SMILES string of the molecule is CCCCC1CCC(c2ccc(CC3=CC=C(C4=CCCC=C4)C4C=CC=C34)cc2)CC1. The molecule has 1 unspecified atom stereocenters. The highest BCUT2D eigenvalue weighted by Crippen LogP contribution is 2.41. The fourth-order valence-corrected chi connectivity index (χ4v) is 6.11. The molecule has 4 aliphatic rings. The van der Waals surface area contributed by atoms with Gasteiger partial charge in [0.15, 0.2) is 0 Å². The zero-order valence-corrected chi connectivity index (χ0v) is 19.7. The summed E-state index contributed by atoms with van der Waals surface area (Å²) in [5, 5.41) is 0. The molecule has 1 fully saturated rings. The zero-order valence-electron chi connectivity index (χ0n) is 19.7. The van der Waals surface area contributed by atoms with Crippen molar-refractivity contribution < 1.29 is 0 Å². The molecule has 0 heterocycles. The van der Waals surface area contributed by atoms with Crippen molar-refractivity contribution >= 4 is 0 Å². The summed E-state index contributed by atoms with van der Waals surface area (Å²) in [5.41, 5.74) is 8.87. The maximum Gasteiger partial charge on any atom is 0.0281 e. The van der Waals surface area contributed by atoms with E-state index in [0.717, 1.165) is 18.3 Å². The normalized spacial score (nSPS) is 26.8. The third kappa shape index (κ3) is 4.70. The van der Waals surface area contributed by atoms with Gasteiger partial charge in [-0.3, -0.25) is 0 Å². The largest absolute Gasteiger partial charge is 0.0836 e. The van der Waals surface area contributed by atoms with E-state index in [9.17, 15) is 0 Å². The predicted octanol–water partition coefficient (Wildman–Crippen LogP) is 8.95. The molecule has 4 aliphatic carbocycles. The lowest BCUT2D eigenvalue weighted by molar-refractivity contribution is 0.304. The molecule has 0 N–H and O–H groups in total. The molecule has 32 heavy (non-hydrogen) atoms. The van der Waals surface area contributed by atoms with Crippen LogP contribution in [0.5, 0.6) is 0 Å². The first kappa shape index (κ1) is 21.5. The number of rotatable bonds is 7. The minimum Gasteiger partial charge on any atom is -0.0836 e. The Bertz CT molecular complexity index is 981. The lowest BCUT2D eigenvalue weighted by Crippen LogP contribution is -2.13. The quantitative estimate of drug-likeness (QED) is 0.411. The topological polar surface area (TPSA) is 0 Å². The average Bonchev–Trinajstić information content (AvgIpc) is 3.35. The first-order chi connectivity index (χ1) is 15.8. The molecule has 0 spiro atoms. The Hall–Kier alpha value is -2.34. The zero-order chi connectivity index (χ0) is 21.8. The van der Waals surface area contributed by atoms with Gasteiger partial charge in [-0.15, -0.1) is 0 Å². The molecule has 0 aliphatic heterocycles. The second-order valence-electron chi connectivity index (χ2n) is 10.2. The van der Waals surface area contributed by atoms with E-state index in [1.165, 1.54) is 85.6 Å². The van der Waals surface area contributed by atoms with E-state index in [0.29, 0.717) is 5.92 Å². The van der Waals surface area contributed by atoms with Crippen molar-refractivity contribution in [2.45, 2.75) is 77.0 Å². The number of benzene rings is 1. The third-order valence-corrected chi connectivity index (χ3v) is 8.07. The molecule has 1 aromatic carbocycles. The van der Waals surface area contributed by atoms with Crippen LogP contribution in [0, 0.1) is 11.8 Å². The predicted molar refractivity (Wildman–Crippen MR) is 138 cm³/mol. The lowest BCUT2D eigenvalue weighted by atomic mass is 9.76. The third-order valence-electron chi connectivity index (χ3n) is 8.07. The van der Waals surface area contributed by atoms with Crippen LogP contribution >= 0.6 is 0 Å². The van der Waals surface area contributed by atoms with Crippen molar-refractivity contribution in [2.75, 3.05) is 0 Å². The van der Waals surface area contributed by atoms with Gasteiger partial charge in [-0.2, -0.15) is 0 Å². The van der Waals surface area contributed by atoms with Gasteiger partial charge in [0, 0.05) is 5.92 Å². The number of hydrogen-bond acceptors (Lipinski definition) is 0. The Morgan fingerprint density at radius 2 is 1.72 bits per heavy atom. The summed E-state index contributed by atoms with van der Waals surface area (Å²) in [6.07, 6.45) is 32.0. The minimum atomic E-state index is 0.436. The number of hydrogen-bond donors (Lipinski definition) is 0. The fourth-order valence-electron chi connectivity index (χ4n) is 6.11. The van der Waals surface area contributed by atoms with E-state index in [4.69, 9.17) is 0 Å². The van der Waals surface area contributed by atoms with E-state index in [-0.39, 0.29) is 0 Å². The fraction of sp³-hybridized carbons (Fsp3) is 0.438. The van der Waals surface area contributed by atoms with Gasteiger partial charge < -0.3 is 0 Å². The summed E-state index contributed by atoms with van der Waals surface area (Å²) in [7, 11) is 0. The Morgan fingerprint density at radius 3 is 2.47 bits per heavy atom. The standard InChI is InChI=1S/C32H38/c1-2-3-8-24-13-17-26(18-14-24)27-19-15-25(16-20-27)23-29-21-22-31(28-9-5-4-6-10-28)32-12-7-11-30(29)32/h5,7,9-12,15-16,19-22,24,26,32H,2-4,6,8,13-14,17-18,23H2,1H3. The second kappa shape index (κ2) is 10.1. The van der Waals surface area contributed by atoms with Crippen molar-refractivity contribution in [3.63, 3.8) is 0 Å². The summed E-state index contributed by atoms with van der Waals surface area (Å²) in [6.45, 7) is 2.32. The molecule has 166 valence electrons. The van der Waals surface area contributed by atoms with Gasteiger partial charge in [-0.1, -0.05) is 99.1 Å². The van der Waals surface area contributed by atoms with Crippen molar-refractivity contribution in [3.05, 3.63) is 106 Å². The van der Waals surface area contributed by atoms with Crippen LogP contribution in [-0.4, -0.2) is 0 Å². The van der Waals surface area contributed by atoms with E-state index in [1.807, 2.05) is 0 Å². The minimum absolute atomic E-state index is 0.436. The molecular formula is C32H38. The molecule has 1 saturated carbocycles. The summed E-state index contributed by atoms with van der Waals surface area (Å²) in [6, 6.07) is 9.63. The summed E-state index contributed by atoms with van der Waals surface area (Å²) >= 11 is 0. The molecule has 0 nitrogen and oxygen atoms in total. The van der Waals surface area contributed by atoms with Crippen LogP contribution in [0.3, 0.4) is 0 Å². The van der Waals surface area contributed by atoms with Gasteiger partial charge in [-0.25, -0.2) is 0 Å². The summed E-state index contributed by atoms with van der Waals surface area (Å²) < 4.78 is 0. The Balaban J connectivity index is 1.24. The van der Waals surface area contributed by atoms with Crippen LogP contribution in [0.15, 0.2) is 95.2 Å². The highest BCUT2D eigenvalue weighted by atomic mass is 14.3. The maximum atomic E-state index is 2.42. The van der Waals surface area contributed by atoms with Crippen LogP contribution in [-0.2, 0) is 6.42 Å². The van der Waals surface area contributed by atoms with Gasteiger partial charge in [0.05, 0.1) is 0 Å². The number of unbranched alkanes of at least 4 members (excludes halogenated alkanes) is 1. The van der Waals surface area contributed by atoms with E-state index in [2.05, 4.69) is 79.8 Å². The molecule has 0 bridgehead atoms. The Morgan fingerprint density at radius 1 is 0.875 bits per heavy atom. The van der Waals surface area contributed by atoms with Crippen molar-refractivity contribution in [1.29, 1.82) is 0 Å². The molecule has 0 amide bonds. The second-order valence-corrected chi connectivity index (χ2v) is 10.2. The van der Waals surface area contributed by atoms with Crippen LogP contribution < -0.4 is 0 Å². The molecule has 0 saturated heterocycles. The van der Waals surface area contributed by atoms with E-state index >= 15 is 0 Å². The first-order valence-electron chi connectivity index (χ1n) is 13.1. The van der Waals surface area contributed by atoms with E-state index in [1.54, 1.807) is 5.56 Å². The molecular weight excluding hydrogens is 384 g/mol. The smallest absolute Gasteiger partial charge is 0.0281 e. The Labute approximate surface area is 195 Å². The van der Waals surface area contributed by atoms with E-state index < -0.39 is 0 Å². The van der Waals surface area contributed by atoms with Crippen molar-refractivity contribution in [3.8, 4) is 0 Å². The van der Waals surface area contributed by atoms with Gasteiger partial charge in [0.2, 0.25) is 0 Å². The van der Waals surface area contributed by atoms with Gasteiger partial charge in [0.1, 0.15) is 0 Å². The van der Waals surface area contributed by atoms with Crippen LogP contribution in [0.1, 0.15) is 81.8 Å². The maximum absolute atomic E-state index is 2.42. The highest BCUT2D eigenvalue weighted by molar-refractivity contribution is 5.60. The summed E-state index contributed by atoms with van der Waals surface area (Å²) in [4.78, 5) is 0. The molecule has 0 aromatic heterocycles. The van der Waals surface area contributed by atoms with Gasteiger partial charge in [-0.05, 0) is 90.2 Å².